The highest BCUT2D eigenvalue weighted by Crippen LogP contribution is 2.31. The van der Waals surface area contributed by atoms with Gasteiger partial charge in [0, 0.05) is 19.6 Å². The number of nitrogens with two attached hydrogens (primary N) is 2. The van der Waals surface area contributed by atoms with Crippen LogP contribution in [0.3, 0.4) is 0 Å². The Labute approximate surface area is 172 Å². The van der Waals surface area contributed by atoms with E-state index in [-0.39, 0.29) is 37.2 Å². The minimum Gasteiger partial charge on any atom is -0.456 e. The molecule has 0 aliphatic carbocycles. The Hall–Kier alpha value is -1.63. The summed E-state index contributed by atoms with van der Waals surface area (Å²) in [7, 11) is 0. The molecule has 0 fully saturated rings. The molecule has 8 heteroatoms. The van der Waals surface area contributed by atoms with Crippen LogP contribution in [0.25, 0.3) is 0 Å². The summed E-state index contributed by atoms with van der Waals surface area (Å²) < 4.78 is 5.66. The zero-order chi connectivity index (χ0) is 16.2. The number of halogens is 3. The number of allylic oxidation sites excluding steroid dienone is 1. The van der Waals surface area contributed by atoms with Crippen LogP contribution in [0.4, 0.5) is 5.69 Å². The van der Waals surface area contributed by atoms with Crippen LogP contribution < -0.4 is 26.8 Å². The third-order valence-corrected chi connectivity index (χ3v) is 3.87. The summed E-state index contributed by atoms with van der Waals surface area (Å²) >= 11 is 0. The molecule has 1 aliphatic heterocycles. The molecule has 0 aromatic heterocycles. The Morgan fingerprint density at radius 3 is 2.15 bits per heavy atom. The zero-order valence-electron chi connectivity index (χ0n) is 14.5. The SMILES string of the molecule is CC1=C(N)Nc2cc(CNCc3ccc(CN)cc3)ccc2O1.Cl.Cl.Cl. The zero-order valence-corrected chi connectivity index (χ0v) is 16.9. The molecule has 0 radical (unpaired) electrons. The largest absolute Gasteiger partial charge is 0.456 e. The summed E-state index contributed by atoms with van der Waals surface area (Å²) in [6.45, 7) is 4.01. The van der Waals surface area contributed by atoms with Crippen molar-refractivity contribution in [2.45, 2.75) is 26.6 Å². The molecule has 5 nitrogen and oxygen atoms in total. The first-order chi connectivity index (χ1) is 11.2. The molecule has 3 rings (SSSR count). The average Bonchev–Trinajstić information content (AvgIpc) is 2.57. The Morgan fingerprint density at radius 2 is 1.50 bits per heavy atom. The van der Waals surface area contributed by atoms with Crippen molar-refractivity contribution in [3.8, 4) is 5.75 Å². The van der Waals surface area contributed by atoms with E-state index in [2.05, 4.69) is 47.0 Å². The van der Waals surface area contributed by atoms with E-state index in [4.69, 9.17) is 16.2 Å². The van der Waals surface area contributed by atoms with Crippen LogP contribution in [0.15, 0.2) is 54.0 Å². The molecule has 26 heavy (non-hydrogen) atoms. The number of ether oxygens (including phenoxy) is 1. The topological polar surface area (TPSA) is 85.3 Å². The van der Waals surface area contributed by atoms with Gasteiger partial charge in [-0.2, -0.15) is 0 Å². The van der Waals surface area contributed by atoms with Crippen molar-refractivity contribution in [2.75, 3.05) is 5.32 Å². The molecular weight excluding hydrogens is 395 g/mol. The highest BCUT2D eigenvalue weighted by molar-refractivity contribution is 5.86. The van der Waals surface area contributed by atoms with Crippen molar-refractivity contribution in [1.82, 2.24) is 5.32 Å². The second kappa shape index (κ2) is 11.2. The van der Waals surface area contributed by atoms with Gasteiger partial charge in [-0.05, 0) is 35.7 Å². The number of benzene rings is 2. The maximum Gasteiger partial charge on any atom is 0.150 e. The summed E-state index contributed by atoms with van der Waals surface area (Å²) in [6.07, 6.45) is 0. The van der Waals surface area contributed by atoms with Gasteiger partial charge in [0.05, 0.1) is 5.69 Å². The van der Waals surface area contributed by atoms with Gasteiger partial charge in [-0.25, -0.2) is 0 Å². The lowest BCUT2D eigenvalue weighted by Crippen LogP contribution is -2.19. The highest BCUT2D eigenvalue weighted by Gasteiger charge is 2.14. The minimum absolute atomic E-state index is 0. The van der Waals surface area contributed by atoms with Gasteiger partial charge in [-0.3, -0.25) is 0 Å². The molecule has 2 aromatic rings. The van der Waals surface area contributed by atoms with Gasteiger partial charge in [0.2, 0.25) is 0 Å². The fourth-order valence-electron chi connectivity index (χ4n) is 2.47. The van der Waals surface area contributed by atoms with Crippen molar-refractivity contribution in [3.63, 3.8) is 0 Å². The Bertz CT molecular complexity index is 736. The van der Waals surface area contributed by atoms with E-state index in [1.165, 1.54) is 11.1 Å². The van der Waals surface area contributed by atoms with Crippen LogP contribution in [-0.4, -0.2) is 0 Å². The van der Waals surface area contributed by atoms with Crippen molar-refractivity contribution in [3.05, 3.63) is 70.7 Å². The van der Waals surface area contributed by atoms with Crippen LogP contribution in [0.1, 0.15) is 23.6 Å². The molecule has 1 heterocycles. The van der Waals surface area contributed by atoms with Crippen LogP contribution >= 0.6 is 37.2 Å². The fourth-order valence-corrected chi connectivity index (χ4v) is 2.47. The first-order valence-corrected chi connectivity index (χ1v) is 7.68. The van der Waals surface area contributed by atoms with E-state index in [0.29, 0.717) is 18.1 Å². The lowest BCUT2D eigenvalue weighted by atomic mass is 10.1. The molecule has 6 N–H and O–H groups in total. The van der Waals surface area contributed by atoms with Gasteiger partial charge in [0.1, 0.15) is 11.6 Å². The number of rotatable bonds is 5. The first kappa shape index (κ1) is 24.4. The van der Waals surface area contributed by atoms with E-state index in [9.17, 15) is 0 Å². The van der Waals surface area contributed by atoms with Crippen molar-refractivity contribution in [1.29, 1.82) is 0 Å². The standard InChI is InChI=1S/C18H22N4O.3ClH/c1-12-18(20)22-16-8-15(6-7-17(16)23-12)11-21-10-14-4-2-13(9-19)3-5-14;;;/h2-8,21-22H,9-11,19-20H2,1H3;3*1H. The van der Waals surface area contributed by atoms with Gasteiger partial charge in [0.15, 0.2) is 5.75 Å². The monoisotopic (exact) mass is 418 g/mol. The Balaban J connectivity index is 0.00000208. The van der Waals surface area contributed by atoms with Gasteiger partial charge in [0.25, 0.3) is 0 Å². The predicted molar refractivity (Wildman–Crippen MR) is 114 cm³/mol. The Kier molecular flexibility index (Phi) is 10.5. The van der Waals surface area contributed by atoms with Crippen molar-refractivity contribution in [2.24, 2.45) is 11.5 Å². The molecule has 0 bridgehead atoms. The predicted octanol–water partition coefficient (Wildman–Crippen LogP) is 3.65. The molecule has 0 saturated heterocycles. The number of nitrogens with one attached hydrogen (secondary N) is 2. The second-order valence-electron chi connectivity index (χ2n) is 5.65. The molecule has 0 spiro atoms. The smallest absolute Gasteiger partial charge is 0.150 e. The fraction of sp³-hybridized carbons (Fsp3) is 0.222. The molecular formula is C18H25Cl3N4O. The lowest BCUT2D eigenvalue weighted by Gasteiger charge is -2.21. The van der Waals surface area contributed by atoms with E-state index < -0.39 is 0 Å². The second-order valence-corrected chi connectivity index (χ2v) is 5.65. The van der Waals surface area contributed by atoms with Gasteiger partial charge in [-0.1, -0.05) is 30.3 Å². The first-order valence-electron chi connectivity index (χ1n) is 7.68. The highest BCUT2D eigenvalue weighted by atomic mass is 35.5. The van der Waals surface area contributed by atoms with Gasteiger partial charge in [-0.15, -0.1) is 37.2 Å². The normalized spacial score (nSPS) is 11.8. The summed E-state index contributed by atoms with van der Waals surface area (Å²) in [5.41, 5.74) is 15.9. The summed E-state index contributed by atoms with van der Waals surface area (Å²) in [6, 6.07) is 14.4. The van der Waals surface area contributed by atoms with Crippen LogP contribution in [-0.2, 0) is 19.6 Å². The quantitative estimate of drug-likeness (QED) is 0.594. The summed E-state index contributed by atoms with van der Waals surface area (Å²) in [5.74, 6) is 2.06. The van der Waals surface area contributed by atoms with Gasteiger partial charge < -0.3 is 26.8 Å². The molecule has 0 amide bonds. The number of anilines is 1. The molecule has 1 aliphatic rings. The molecule has 0 saturated carbocycles. The summed E-state index contributed by atoms with van der Waals surface area (Å²) in [4.78, 5) is 0. The van der Waals surface area contributed by atoms with Crippen molar-refractivity contribution >= 4 is 42.9 Å². The number of hydrogen-bond donors (Lipinski definition) is 4. The van der Waals surface area contributed by atoms with E-state index in [1.54, 1.807) is 0 Å². The molecule has 0 atom stereocenters. The van der Waals surface area contributed by atoms with E-state index in [1.807, 2.05) is 13.0 Å². The van der Waals surface area contributed by atoms with Crippen LogP contribution in [0.5, 0.6) is 5.75 Å². The third kappa shape index (κ3) is 5.97. The van der Waals surface area contributed by atoms with E-state index >= 15 is 0 Å². The van der Waals surface area contributed by atoms with Crippen LogP contribution in [0, 0.1) is 0 Å². The maximum atomic E-state index is 5.86. The number of hydrogen-bond acceptors (Lipinski definition) is 5. The minimum atomic E-state index is 0. The van der Waals surface area contributed by atoms with Gasteiger partial charge >= 0.3 is 0 Å². The number of fused-ring (bicyclic) bond motifs is 1. The third-order valence-electron chi connectivity index (χ3n) is 3.87. The maximum absolute atomic E-state index is 5.86. The van der Waals surface area contributed by atoms with Crippen molar-refractivity contribution < 1.29 is 4.74 Å². The molecule has 2 aromatic carbocycles. The van der Waals surface area contributed by atoms with Crippen LogP contribution in [0.2, 0.25) is 0 Å². The lowest BCUT2D eigenvalue weighted by molar-refractivity contribution is 0.415. The summed E-state index contributed by atoms with van der Waals surface area (Å²) in [5, 5.41) is 6.60. The molecule has 0 unspecified atom stereocenters. The molecule has 144 valence electrons. The Morgan fingerprint density at radius 1 is 0.923 bits per heavy atom. The average molecular weight is 420 g/mol. The van der Waals surface area contributed by atoms with E-state index in [0.717, 1.165) is 30.1 Å².